The van der Waals surface area contributed by atoms with E-state index in [0.717, 1.165) is 0 Å². The van der Waals surface area contributed by atoms with Crippen molar-refractivity contribution in [1.82, 2.24) is 16.2 Å². The number of halogens is 2. The largest absolute Gasteiger partial charge is 0.352 e. The summed E-state index contributed by atoms with van der Waals surface area (Å²) in [5.74, 6) is -1.11. The van der Waals surface area contributed by atoms with Gasteiger partial charge in [-0.25, -0.2) is 4.79 Å². The smallest absolute Gasteiger partial charge is 0.312 e. The number of rotatable bonds is 7. The molecule has 0 saturated carbocycles. The van der Waals surface area contributed by atoms with Crippen molar-refractivity contribution in [1.29, 1.82) is 0 Å². The SMILES string of the molecule is CC[C@H](C)[C@H](NC(N)=O)C(=O)NNC(=O)CSc1cc(Cl)ccc1Cl. The average Bonchev–Trinajstić information content (AvgIpc) is 2.57. The third-order valence-electron chi connectivity index (χ3n) is 3.37. The molecule has 0 aliphatic carbocycles. The first-order chi connectivity index (χ1) is 11.7. The van der Waals surface area contributed by atoms with Gasteiger partial charge in [-0.05, 0) is 24.1 Å². The summed E-state index contributed by atoms with van der Waals surface area (Å²) < 4.78 is 0. The number of hydrazine groups is 1. The molecule has 0 unspecified atom stereocenters. The molecular weight excluding hydrogens is 387 g/mol. The van der Waals surface area contributed by atoms with Crippen LogP contribution in [0.25, 0.3) is 0 Å². The van der Waals surface area contributed by atoms with E-state index in [1.54, 1.807) is 25.1 Å². The van der Waals surface area contributed by atoms with Crippen molar-refractivity contribution in [3.63, 3.8) is 0 Å². The molecule has 4 amide bonds. The maximum Gasteiger partial charge on any atom is 0.312 e. The van der Waals surface area contributed by atoms with Crippen LogP contribution in [0.4, 0.5) is 4.79 Å². The lowest BCUT2D eigenvalue weighted by atomic mass is 9.99. The van der Waals surface area contributed by atoms with Gasteiger partial charge in [0.25, 0.3) is 5.91 Å². The van der Waals surface area contributed by atoms with Crippen LogP contribution in [0.5, 0.6) is 0 Å². The van der Waals surface area contributed by atoms with E-state index >= 15 is 0 Å². The van der Waals surface area contributed by atoms with Gasteiger partial charge in [-0.3, -0.25) is 20.4 Å². The maximum atomic E-state index is 12.1. The Morgan fingerprint density at radius 1 is 1.24 bits per heavy atom. The van der Waals surface area contributed by atoms with E-state index in [1.165, 1.54) is 11.8 Å². The van der Waals surface area contributed by atoms with Crippen molar-refractivity contribution < 1.29 is 14.4 Å². The molecule has 0 fully saturated rings. The minimum atomic E-state index is -0.835. The highest BCUT2D eigenvalue weighted by molar-refractivity contribution is 8.00. The van der Waals surface area contributed by atoms with E-state index in [9.17, 15) is 14.4 Å². The van der Waals surface area contributed by atoms with E-state index < -0.39 is 23.9 Å². The Morgan fingerprint density at radius 2 is 1.92 bits per heavy atom. The third kappa shape index (κ3) is 7.41. The molecule has 1 rings (SSSR count). The van der Waals surface area contributed by atoms with E-state index in [0.29, 0.717) is 21.4 Å². The first-order valence-corrected chi connectivity index (χ1v) is 9.21. The van der Waals surface area contributed by atoms with Gasteiger partial charge in [-0.15, -0.1) is 11.8 Å². The molecule has 0 spiro atoms. The Bertz CT molecular complexity index is 645. The zero-order valence-corrected chi connectivity index (χ0v) is 16.1. The van der Waals surface area contributed by atoms with Crippen LogP contribution in [0.15, 0.2) is 23.1 Å². The van der Waals surface area contributed by atoms with Gasteiger partial charge in [0.05, 0.1) is 10.8 Å². The number of benzene rings is 1. The van der Waals surface area contributed by atoms with Gasteiger partial charge in [-0.2, -0.15) is 0 Å². The lowest BCUT2D eigenvalue weighted by Crippen LogP contribution is -2.55. The molecule has 0 saturated heterocycles. The van der Waals surface area contributed by atoms with Crippen molar-refractivity contribution in [3.05, 3.63) is 28.2 Å². The predicted octanol–water partition coefficient (Wildman–Crippen LogP) is 2.32. The number of hydrogen-bond donors (Lipinski definition) is 4. The highest BCUT2D eigenvalue weighted by Gasteiger charge is 2.25. The van der Waals surface area contributed by atoms with Gasteiger partial charge in [0.15, 0.2) is 0 Å². The minimum absolute atomic E-state index is 0.0254. The van der Waals surface area contributed by atoms with Crippen LogP contribution in [0.3, 0.4) is 0 Å². The lowest BCUT2D eigenvalue weighted by molar-refractivity contribution is -0.129. The van der Waals surface area contributed by atoms with Gasteiger partial charge in [-0.1, -0.05) is 43.5 Å². The number of nitrogens with one attached hydrogen (secondary N) is 3. The summed E-state index contributed by atoms with van der Waals surface area (Å²) in [6, 6.07) is 3.29. The molecule has 0 aliphatic rings. The van der Waals surface area contributed by atoms with Gasteiger partial charge in [0, 0.05) is 9.92 Å². The van der Waals surface area contributed by atoms with Gasteiger partial charge in [0.1, 0.15) is 6.04 Å². The summed E-state index contributed by atoms with van der Waals surface area (Å²) in [5.41, 5.74) is 9.65. The Labute approximate surface area is 160 Å². The summed E-state index contributed by atoms with van der Waals surface area (Å²) >= 11 is 13.1. The molecule has 138 valence electrons. The van der Waals surface area contributed by atoms with Gasteiger partial charge in [0.2, 0.25) is 5.91 Å². The fourth-order valence-electron chi connectivity index (χ4n) is 1.83. The minimum Gasteiger partial charge on any atom is -0.352 e. The standard InChI is InChI=1S/C15H20Cl2N4O3S/c1-3-8(2)13(19-15(18)24)14(23)21-20-12(22)7-25-11-6-9(16)4-5-10(11)17/h4-6,8,13H,3,7H2,1-2H3,(H,20,22)(H,21,23)(H3,18,19,24)/t8-,13-/m0/s1. The van der Waals surface area contributed by atoms with Crippen molar-refractivity contribution in [2.45, 2.75) is 31.2 Å². The van der Waals surface area contributed by atoms with Crippen LogP contribution in [-0.2, 0) is 9.59 Å². The number of nitrogens with two attached hydrogens (primary N) is 1. The second kappa shape index (κ2) is 10.4. The molecular formula is C15H20Cl2N4O3S. The Kier molecular flexibility index (Phi) is 8.88. The molecule has 10 heteroatoms. The number of primary amides is 1. The van der Waals surface area contributed by atoms with Crippen molar-refractivity contribution in [3.8, 4) is 0 Å². The van der Waals surface area contributed by atoms with E-state index in [-0.39, 0.29) is 11.7 Å². The molecule has 1 aromatic carbocycles. The number of carbonyl (C=O) groups is 3. The number of thioether (sulfide) groups is 1. The van der Waals surface area contributed by atoms with Crippen molar-refractivity contribution in [2.24, 2.45) is 11.7 Å². The van der Waals surface area contributed by atoms with Crippen molar-refractivity contribution >= 4 is 52.8 Å². The summed E-state index contributed by atoms with van der Waals surface area (Å²) in [5, 5.41) is 3.35. The second-order valence-electron chi connectivity index (χ2n) is 5.27. The van der Waals surface area contributed by atoms with Crippen LogP contribution in [0.1, 0.15) is 20.3 Å². The highest BCUT2D eigenvalue weighted by atomic mass is 35.5. The predicted molar refractivity (Wildman–Crippen MR) is 99.4 cm³/mol. The summed E-state index contributed by atoms with van der Waals surface area (Å²) in [6.07, 6.45) is 0.648. The fourth-order valence-corrected chi connectivity index (χ4v) is 3.12. The molecule has 5 N–H and O–H groups in total. The van der Waals surface area contributed by atoms with Crippen LogP contribution >= 0.6 is 35.0 Å². The average molecular weight is 407 g/mol. The molecule has 1 aromatic rings. The molecule has 25 heavy (non-hydrogen) atoms. The normalized spacial score (nSPS) is 12.8. The zero-order chi connectivity index (χ0) is 19.0. The quantitative estimate of drug-likeness (QED) is 0.410. The van der Waals surface area contributed by atoms with Crippen molar-refractivity contribution in [2.75, 3.05) is 5.75 Å². The van der Waals surface area contributed by atoms with Gasteiger partial charge >= 0.3 is 6.03 Å². The van der Waals surface area contributed by atoms with Gasteiger partial charge < -0.3 is 11.1 Å². The zero-order valence-electron chi connectivity index (χ0n) is 13.8. The van der Waals surface area contributed by atoms with Crippen LogP contribution in [-0.4, -0.2) is 29.6 Å². The summed E-state index contributed by atoms with van der Waals surface area (Å²) in [7, 11) is 0. The topological polar surface area (TPSA) is 113 Å². The van der Waals surface area contributed by atoms with Crippen LogP contribution in [0.2, 0.25) is 10.0 Å². The van der Waals surface area contributed by atoms with Crippen LogP contribution in [0, 0.1) is 5.92 Å². The summed E-state index contributed by atoms with van der Waals surface area (Å²) in [4.78, 5) is 35.6. The molecule has 0 bridgehead atoms. The maximum absolute atomic E-state index is 12.1. The van der Waals surface area contributed by atoms with E-state index in [2.05, 4.69) is 16.2 Å². The molecule has 0 aliphatic heterocycles. The first-order valence-electron chi connectivity index (χ1n) is 7.47. The molecule has 0 radical (unpaired) electrons. The van der Waals surface area contributed by atoms with Crippen LogP contribution < -0.4 is 21.9 Å². The number of carbonyl (C=O) groups excluding carboxylic acids is 3. The third-order valence-corrected chi connectivity index (χ3v) is 5.10. The monoisotopic (exact) mass is 406 g/mol. The Hall–Kier alpha value is -1.64. The number of hydrogen-bond acceptors (Lipinski definition) is 4. The van der Waals surface area contributed by atoms with E-state index in [4.69, 9.17) is 28.9 Å². The lowest BCUT2D eigenvalue weighted by Gasteiger charge is -2.22. The summed E-state index contributed by atoms with van der Waals surface area (Å²) in [6.45, 7) is 3.66. The molecule has 7 nitrogen and oxygen atoms in total. The Balaban J connectivity index is 2.52. The second-order valence-corrected chi connectivity index (χ2v) is 7.13. The first kappa shape index (κ1) is 21.4. The fraction of sp³-hybridized carbons (Fsp3) is 0.400. The number of urea groups is 1. The Morgan fingerprint density at radius 3 is 2.52 bits per heavy atom. The van der Waals surface area contributed by atoms with E-state index in [1.807, 2.05) is 6.92 Å². The molecule has 0 heterocycles. The highest BCUT2D eigenvalue weighted by Crippen LogP contribution is 2.29. The molecule has 2 atom stereocenters. The molecule has 0 aromatic heterocycles. The number of amides is 4.